The molecular formula is C25H32N8O2. The fourth-order valence-corrected chi connectivity index (χ4v) is 4.75. The third kappa shape index (κ3) is 4.78. The summed E-state index contributed by atoms with van der Waals surface area (Å²) in [6, 6.07) is 5.54. The Morgan fingerprint density at radius 3 is 2.63 bits per heavy atom. The van der Waals surface area contributed by atoms with E-state index in [9.17, 15) is 4.79 Å². The van der Waals surface area contributed by atoms with Crippen molar-refractivity contribution >= 4 is 16.7 Å². The van der Waals surface area contributed by atoms with E-state index >= 15 is 0 Å². The number of hydrogen-bond donors (Lipinski definition) is 1. The van der Waals surface area contributed by atoms with Crippen LogP contribution in [0.5, 0.6) is 5.88 Å². The lowest BCUT2D eigenvalue weighted by Gasteiger charge is -2.29. The summed E-state index contributed by atoms with van der Waals surface area (Å²) in [7, 11) is 3.78. The molecule has 184 valence electrons. The van der Waals surface area contributed by atoms with Crippen LogP contribution in [0, 0.1) is 5.92 Å². The summed E-state index contributed by atoms with van der Waals surface area (Å²) in [6.45, 7) is 4.71. The fraction of sp³-hybridized carbons (Fsp3) is 0.480. The van der Waals surface area contributed by atoms with Crippen LogP contribution >= 0.6 is 0 Å². The van der Waals surface area contributed by atoms with Crippen molar-refractivity contribution in [2.24, 2.45) is 13.0 Å². The largest absolute Gasteiger partial charge is 0.473 e. The Labute approximate surface area is 203 Å². The number of rotatable bonds is 7. The van der Waals surface area contributed by atoms with Gasteiger partial charge in [0.2, 0.25) is 5.88 Å². The highest BCUT2D eigenvalue weighted by Gasteiger charge is 2.27. The third-order valence-electron chi connectivity index (χ3n) is 6.48. The van der Waals surface area contributed by atoms with Crippen molar-refractivity contribution < 1.29 is 4.74 Å². The molecule has 5 rings (SSSR count). The molecule has 1 aliphatic rings. The van der Waals surface area contributed by atoms with Gasteiger partial charge in [-0.3, -0.25) is 14.2 Å². The summed E-state index contributed by atoms with van der Waals surface area (Å²) < 4.78 is 11.6. The maximum absolute atomic E-state index is 12.1. The second kappa shape index (κ2) is 9.52. The molecule has 4 aromatic heterocycles. The van der Waals surface area contributed by atoms with Crippen molar-refractivity contribution in [2.45, 2.75) is 58.2 Å². The van der Waals surface area contributed by atoms with E-state index in [2.05, 4.69) is 45.1 Å². The molecule has 10 heteroatoms. The van der Waals surface area contributed by atoms with E-state index in [4.69, 9.17) is 9.84 Å². The molecule has 0 unspecified atom stereocenters. The molecule has 35 heavy (non-hydrogen) atoms. The minimum absolute atomic E-state index is 0.0675. The summed E-state index contributed by atoms with van der Waals surface area (Å²) in [6.07, 6.45) is 9.45. The fourth-order valence-electron chi connectivity index (χ4n) is 4.75. The zero-order valence-electron chi connectivity index (χ0n) is 20.7. The summed E-state index contributed by atoms with van der Waals surface area (Å²) in [4.78, 5) is 16.6. The Morgan fingerprint density at radius 2 is 1.94 bits per heavy atom. The van der Waals surface area contributed by atoms with Gasteiger partial charge in [0.05, 0.1) is 17.8 Å². The van der Waals surface area contributed by atoms with Crippen LogP contribution in [-0.4, -0.2) is 47.5 Å². The van der Waals surface area contributed by atoms with Crippen LogP contribution in [0.15, 0.2) is 41.6 Å². The Balaban J connectivity index is 1.35. The van der Waals surface area contributed by atoms with Gasteiger partial charge >= 0.3 is 0 Å². The van der Waals surface area contributed by atoms with Gasteiger partial charge in [-0.05, 0) is 31.6 Å². The van der Waals surface area contributed by atoms with E-state index in [1.165, 1.54) is 4.68 Å². The molecule has 0 saturated heterocycles. The smallest absolute Gasteiger partial charge is 0.266 e. The number of aromatic nitrogens is 7. The molecule has 0 aliphatic heterocycles. The van der Waals surface area contributed by atoms with Crippen LogP contribution < -0.4 is 15.6 Å². The first-order valence-electron chi connectivity index (χ1n) is 12.2. The standard InChI is InChI=1S/C25H32N8O2/c1-16(2)14-32-24(34)10-9-23(29-32)35-19-7-5-18(6-8-19)33-21-11-22(26-3)27-13-20(21)25(30-33)17-12-28-31(4)15-17/h9-13,15-16,18-19H,5-8,14H2,1-4H3,(H,26,27)/t18-,19+. The normalized spacial score (nSPS) is 18.3. The molecule has 0 amide bonds. The van der Waals surface area contributed by atoms with Gasteiger partial charge in [0, 0.05) is 62.2 Å². The van der Waals surface area contributed by atoms with Crippen molar-refractivity contribution in [1.82, 2.24) is 34.3 Å². The first-order valence-corrected chi connectivity index (χ1v) is 12.2. The monoisotopic (exact) mass is 476 g/mol. The Hall–Kier alpha value is -3.69. The molecule has 4 heterocycles. The van der Waals surface area contributed by atoms with Gasteiger partial charge in [0.25, 0.3) is 5.56 Å². The summed E-state index contributed by atoms with van der Waals surface area (Å²) >= 11 is 0. The number of fused-ring (bicyclic) bond motifs is 1. The van der Waals surface area contributed by atoms with Crippen molar-refractivity contribution in [2.75, 3.05) is 12.4 Å². The quantitative estimate of drug-likeness (QED) is 0.434. The molecule has 10 nitrogen and oxygen atoms in total. The van der Waals surface area contributed by atoms with E-state index in [0.29, 0.717) is 18.3 Å². The average Bonchev–Trinajstić information content (AvgIpc) is 3.44. The second-order valence-corrected chi connectivity index (χ2v) is 9.67. The molecule has 0 bridgehead atoms. The van der Waals surface area contributed by atoms with Gasteiger partial charge in [-0.2, -0.15) is 10.2 Å². The van der Waals surface area contributed by atoms with E-state index in [1.807, 2.05) is 32.7 Å². The SMILES string of the molecule is CNc1cc2c(cn1)c(-c1cnn(C)c1)nn2[C@H]1CC[C@@H](Oc2ccc(=O)n(CC(C)C)n2)CC1. The van der Waals surface area contributed by atoms with Crippen molar-refractivity contribution in [3.8, 4) is 17.1 Å². The number of aryl methyl sites for hydroxylation is 1. The summed E-state index contributed by atoms with van der Waals surface area (Å²) in [5, 5.41) is 17.9. The summed E-state index contributed by atoms with van der Waals surface area (Å²) in [5.74, 6) is 1.67. The van der Waals surface area contributed by atoms with Crippen LogP contribution in [0.3, 0.4) is 0 Å². The predicted octanol–water partition coefficient (Wildman–Crippen LogP) is 3.65. The molecule has 0 aromatic carbocycles. The maximum Gasteiger partial charge on any atom is 0.266 e. The number of ether oxygens (including phenoxy) is 1. The van der Waals surface area contributed by atoms with Crippen LogP contribution in [0.1, 0.15) is 45.6 Å². The molecule has 0 radical (unpaired) electrons. The second-order valence-electron chi connectivity index (χ2n) is 9.67. The van der Waals surface area contributed by atoms with E-state index in [-0.39, 0.29) is 17.7 Å². The highest BCUT2D eigenvalue weighted by molar-refractivity contribution is 5.93. The van der Waals surface area contributed by atoms with Gasteiger partial charge in [0.1, 0.15) is 17.6 Å². The zero-order valence-corrected chi connectivity index (χ0v) is 20.7. The van der Waals surface area contributed by atoms with Gasteiger partial charge in [0.15, 0.2) is 0 Å². The first kappa shape index (κ1) is 23.1. The molecule has 0 spiro atoms. The molecule has 1 N–H and O–H groups in total. The maximum atomic E-state index is 12.1. The molecule has 1 aliphatic carbocycles. The Morgan fingerprint density at radius 1 is 1.14 bits per heavy atom. The van der Waals surface area contributed by atoms with Crippen LogP contribution in [0.4, 0.5) is 5.82 Å². The molecule has 0 atom stereocenters. The predicted molar refractivity (Wildman–Crippen MR) is 135 cm³/mol. The van der Waals surface area contributed by atoms with E-state index < -0.39 is 0 Å². The van der Waals surface area contributed by atoms with Gasteiger partial charge in [-0.15, -0.1) is 5.10 Å². The van der Waals surface area contributed by atoms with E-state index in [1.54, 1.807) is 16.8 Å². The number of nitrogens with one attached hydrogen (secondary N) is 1. The Kier molecular flexibility index (Phi) is 6.27. The lowest BCUT2D eigenvalue weighted by Crippen LogP contribution is -2.29. The highest BCUT2D eigenvalue weighted by Crippen LogP contribution is 2.36. The van der Waals surface area contributed by atoms with Gasteiger partial charge < -0.3 is 10.1 Å². The third-order valence-corrected chi connectivity index (χ3v) is 6.48. The average molecular weight is 477 g/mol. The summed E-state index contributed by atoms with van der Waals surface area (Å²) in [5.41, 5.74) is 2.85. The number of anilines is 1. The molecule has 1 saturated carbocycles. The van der Waals surface area contributed by atoms with Crippen LogP contribution in [0.2, 0.25) is 0 Å². The Bertz CT molecular complexity index is 1380. The van der Waals surface area contributed by atoms with Crippen molar-refractivity contribution in [1.29, 1.82) is 0 Å². The van der Waals surface area contributed by atoms with E-state index in [0.717, 1.165) is 53.7 Å². The van der Waals surface area contributed by atoms with Gasteiger partial charge in [-0.1, -0.05) is 13.8 Å². The molecule has 4 aromatic rings. The lowest BCUT2D eigenvalue weighted by atomic mass is 9.93. The zero-order chi connectivity index (χ0) is 24.5. The molecular weight excluding hydrogens is 444 g/mol. The topological polar surface area (TPSA) is 105 Å². The lowest BCUT2D eigenvalue weighted by molar-refractivity contribution is 0.122. The highest BCUT2D eigenvalue weighted by atomic mass is 16.5. The van der Waals surface area contributed by atoms with Gasteiger partial charge in [-0.25, -0.2) is 9.67 Å². The number of hydrogen-bond acceptors (Lipinski definition) is 7. The van der Waals surface area contributed by atoms with Crippen LogP contribution in [0.25, 0.3) is 22.2 Å². The molecule has 1 fully saturated rings. The first-order chi connectivity index (χ1) is 16.9. The minimum atomic E-state index is -0.0971. The van der Waals surface area contributed by atoms with Crippen molar-refractivity contribution in [3.05, 3.63) is 47.1 Å². The number of pyridine rings is 1. The number of nitrogens with zero attached hydrogens (tertiary/aromatic N) is 7. The minimum Gasteiger partial charge on any atom is -0.473 e. The van der Waals surface area contributed by atoms with Crippen molar-refractivity contribution in [3.63, 3.8) is 0 Å². The van der Waals surface area contributed by atoms with Crippen LogP contribution in [-0.2, 0) is 13.6 Å².